The van der Waals surface area contributed by atoms with Crippen molar-refractivity contribution in [1.82, 2.24) is 0 Å². The number of allylic oxidation sites excluding steroid dienone is 1. The maximum atomic E-state index is 11.3. The van der Waals surface area contributed by atoms with Crippen molar-refractivity contribution in [3.8, 4) is 11.1 Å². The Labute approximate surface area is 177 Å². The van der Waals surface area contributed by atoms with Crippen LogP contribution in [0.1, 0.15) is 44.6 Å². The number of anilines is 1. The number of hydrogen-bond acceptors (Lipinski definition) is 4. The van der Waals surface area contributed by atoms with Gasteiger partial charge in [0.1, 0.15) is 0 Å². The number of aldehydes is 1. The number of carbonyl (C=O) groups excluding carboxylic acids is 1. The fourth-order valence-electron chi connectivity index (χ4n) is 4.11. The van der Waals surface area contributed by atoms with E-state index >= 15 is 0 Å². The minimum Gasteiger partial charge on any atom is -0.476 e. The van der Waals surface area contributed by atoms with Gasteiger partial charge in [-0.3, -0.25) is 4.79 Å². The molecule has 156 valence electrons. The van der Waals surface area contributed by atoms with Gasteiger partial charge in [0.25, 0.3) is 0 Å². The quantitative estimate of drug-likeness (QED) is 0.275. The van der Waals surface area contributed by atoms with Crippen molar-refractivity contribution < 1.29 is 14.7 Å². The smallest absolute Gasteiger partial charge is 0.359 e. The summed E-state index contributed by atoms with van der Waals surface area (Å²) >= 11 is 0. The topological polar surface area (TPSA) is 70.0 Å². The number of rotatable bonds is 8. The second-order valence-electron chi connectivity index (χ2n) is 7.62. The molecule has 0 amide bonds. The Balaban J connectivity index is 2.04. The maximum absolute atomic E-state index is 11.3. The molecule has 2 aromatic carbocycles. The molecule has 5 nitrogen and oxygen atoms in total. The molecule has 0 heterocycles. The minimum atomic E-state index is -1.35. The summed E-state index contributed by atoms with van der Waals surface area (Å²) in [7, 11) is 0. The van der Waals surface area contributed by atoms with E-state index in [1.807, 2.05) is 37.3 Å². The van der Waals surface area contributed by atoms with Gasteiger partial charge in [0.15, 0.2) is 6.29 Å². The number of nitrogens with zero attached hydrogens (tertiary/aromatic N) is 2. The fourth-order valence-corrected chi connectivity index (χ4v) is 4.11. The zero-order chi connectivity index (χ0) is 21.3. The molecule has 0 aliphatic heterocycles. The Morgan fingerprint density at radius 3 is 2.40 bits per heavy atom. The van der Waals surface area contributed by atoms with E-state index in [9.17, 15) is 14.7 Å². The van der Waals surface area contributed by atoms with Crippen LogP contribution in [0, 0.1) is 5.92 Å². The second kappa shape index (κ2) is 10.5. The standard InChI is InChI=1S/C25H28N2O3/c1-2-16-27(26-23(18-28)25(29)30)24-15-9-8-14-22(24)21-13-7-6-12-20(21)17-19-10-4-3-5-11-19/h2,6-9,12-16,18-19H,3-5,10-11,17H2,1H3,(H,29,30)/b16-2-,26-23+. The molecular weight excluding hydrogens is 376 g/mol. The van der Waals surface area contributed by atoms with E-state index in [-0.39, 0.29) is 6.29 Å². The Hall–Kier alpha value is -3.21. The lowest BCUT2D eigenvalue weighted by molar-refractivity contribution is -0.129. The van der Waals surface area contributed by atoms with Gasteiger partial charge < -0.3 is 5.11 Å². The molecule has 0 atom stereocenters. The molecule has 0 aromatic heterocycles. The Bertz CT molecular complexity index is 943. The van der Waals surface area contributed by atoms with Crippen LogP contribution in [0.2, 0.25) is 0 Å². The number of carbonyl (C=O) groups is 2. The molecule has 0 saturated heterocycles. The summed E-state index contributed by atoms with van der Waals surface area (Å²) in [6.07, 6.45) is 11.2. The monoisotopic (exact) mass is 404 g/mol. The van der Waals surface area contributed by atoms with Crippen LogP contribution in [-0.4, -0.2) is 23.1 Å². The van der Waals surface area contributed by atoms with Gasteiger partial charge in [0.05, 0.1) is 5.69 Å². The summed E-state index contributed by atoms with van der Waals surface area (Å²) in [4.78, 5) is 22.5. The molecule has 1 saturated carbocycles. The van der Waals surface area contributed by atoms with Crippen LogP contribution in [-0.2, 0) is 16.0 Å². The van der Waals surface area contributed by atoms with Gasteiger partial charge in [-0.05, 0) is 36.5 Å². The number of hydrazone groups is 1. The third-order valence-corrected chi connectivity index (χ3v) is 5.53. The first kappa shape index (κ1) is 21.5. The van der Waals surface area contributed by atoms with Crippen LogP contribution < -0.4 is 5.01 Å². The highest BCUT2D eigenvalue weighted by molar-refractivity contribution is 6.57. The predicted octanol–water partition coefficient (Wildman–Crippen LogP) is 5.46. The summed E-state index contributed by atoms with van der Waals surface area (Å²) in [5.41, 5.74) is 3.55. The fraction of sp³-hybridized carbons (Fsp3) is 0.320. The molecule has 1 aliphatic carbocycles. The van der Waals surface area contributed by atoms with E-state index < -0.39 is 11.7 Å². The van der Waals surface area contributed by atoms with Crippen molar-refractivity contribution in [2.75, 3.05) is 5.01 Å². The summed E-state index contributed by atoms with van der Waals surface area (Å²) in [5.74, 6) is -0.653. The zero-order valence-electron chi connectivity index (χ0n) is 17.3. The summed E-state index contributed by atoms with van der Waals surface area (Å²) in [5, 5.41) is 14.8. The number of carboxylic acids is 1. The lowest BCUT2D eigenvalue weighted by Crippen LogP contribution is -2.20. The van der Waals surface area contributed by atoms with Crippen LogP contribution in [0.4, 0.5) is 5.69 Å². The number of hydrogen-bond donors (Lipinski definition) is 1. The van der Waals surface area contributed by atoms with Gasteiger partial charge in [-0.15, -0.1) is 0 Å². The molecule has 1 fully saturated rings. The van der Waals surface area contributed by atoms with Gasteiger partial charge in [-0.2, -0.15) is 5.10 Å². The van der Waals surface area contributed by atoms with Crippen molar-refractivity contribution in [1.29, 1.82) is 0 Å². The van der Waals surface area contributed by atoms with Crippen LogP contribution in [0.3, 0.4) is 0 Å². The summed E-state index contributed by atoms with van der Waals surface area (Å²) < 4.78 is 0. The Kier molecular flexibility index (Phi) is 7.55. The highest BCUT2D eigenvalue weighted by Crippen LogP contribution is 2.36. The van der Waals surface area contributed by atoms with Crippen molar-refractivity contribution in [3.05, 3.63) is 66.4 Å². The third-order valence-electron chi connectivity index (χ3n) is 5.53. The van der Waals surface area contributed by atoms with Gasteiger partial charge in [0, 0.05) is 11.8 Å². The van der Waals surface area contributed by atoms with Crippen molar-refractivity contribution in [2.24, 2.45) is 11.0 Å². The highest BCUT2D eigenvalue weighted by atomic mass is 16.4. The van der Waals surface area contributed by atoms with Crippen LogP contribution >= 0.6 is 0 Å². The molecule has 0 radical (unpaired) electrons. The minimum absolute atomic E-state index is 0.262. The zero-order valence-corrected chi connectivity index (χ0v) is 17.3. The SMILES string of the molecule is C/C=C\N(/N=C(\C=O)C(=O)O)c1ccccc1-c1ccccc1CC1CCCCC1. The average molecular weight is 405 g/mol. The lowest BCUT2D eigenvalue weighted by Gasteiger charge is -2.24. The number of benzene rings is 2. The number of carboxylic acid groups (broad SMARTS) is 1. The van der Waals surface area contributed by atoms with Gasteiger partial charge in [0.2, 0.25) is 5.71 Å². The molecule has 1 aliphatic rings. The van der Waals surface area contributed by atoms with E-state index in [2.05, 4.69) is 23.3 Å². The molecular formula is C25H28N2O3. The Morgan fingerprint density at radius 1 is 1.07 bits per heavy atom. The molecule has 3 rings (SSSR count). The van der Waals surface area contributed by atoms with Gasteiger partial charge in [-0.25, -0.2) is 9.80 Å². The first-order chi connectivity index (χ1) is 14.6. The van der Waals surface area contributed by atoms with E-state index in [1.165, 1.54) is 42.7 Å². The van der Waals surface area contributed by atoms with Crippen LogP contribution in [0.5, 0.6) is 0 Å². The molecule has 0 unspecified atom stereocenters. The summed E-state index contributed by atoms with van der Waals surface area (Å²) in [6, 6.07) is 16.1. The van der Waals surface area contributed by atoms with E-state index in [4.69, 9.17) is 0 Å². The van der Waals surface area contributed by atoms with Crippen molar-refractivity contribution in [2.45, 2.75) is 45.4 Å². The van der Waals surface area contributed by atoms with Gasteiger partial charge in [-0.1, -0.05) is 80.6 Å². The largest absolute Gasteiger partial charge is 0.476 e. The first-order valence-corrected chi connectivity index (χ1v) is 10.5. The van der Waals surface area contributed by atoms with E-state index in [0.717, 1.165) is 23.2 Å². The normalized spacial score (nSPS) is 15.3. The molecule has 30 heavy (non-hydrogen) atoms. The van der Waals surface area contributed by atoms with Crippen molar-refractivity contribution in [3.63, 3.8) is 0 Å². The second-order valence-corrected chi connectivity index (χ2v) is 7.62. The summed E-state index contributed by atoms with van der Waals surface area (Å²) in [6.45, 7) is 1.82. The van der Waals surface area contributed by atoms with Gasteiger partial charge >= 0.3 is 5.97 Å². The lowest BCUT2D eigenvalue weighted by atomic mass is 9.83. The molecule has 0 spiro atoms. The molecule has 0 bridgehead atoms. The van der Waals surface area contributed by atoms with Crippen LogP contribution in [0.15, 0.2) is 65.9 Å². The van der Waals surface area contributed by atoms with E-state index in [1.54, 1.807) is 12.3 Å². The highest BCUT2D eigenvalue weighted by Gasteiger charge is 2.19. The maximum Gasteiger partial charge on any atom is 0.359 e. The number of para-hydroxylation sites is 1. The molecule has 2 aromatic rings. The average Bonchev–Trinajstić information content (AvgIpc) is 2.77. The molecule has 1 N–H and O–H groups in total. The third kappa shape index (κ3) is 5.23. The van der Waals surface area contributed by atoms with E-state index in [0.29, 0.717) is 5.92 Å². The predicted molar refractivity (Wildman–Crippen MR) is 121 cm³/mol. The molecule has 5 heteroatoms. The number of aliphatic carboxylic acids is 1. The van der Waals surface area contributed by atoms with Crippen molar-refractivity contribution >= 4 is 23.7 Å². The Morgan fingerprint density at radius 2 is 1.73 bits per heavy atom. The first-order valence-electron chi connectivity index (χ1n) is 10.5. The van der Waals surface area contributed by atoms with Crippen LogP contribution in [0.25, 0.3) is 11.1 Å².